The number of fused-ring (bicyclic) bond motifs is 8. The van der Waals surface area contributed by atoms with Crippen molar-refractivity contribution in [3.05, 3.63) is 134 Å². The zero-order valence-corrected chi connectivity index (χ0v) is 24.7. The number of imidazole rings is 2. The van der Waals surface area contributed by atoms with Gasteiger partial charge in [0.2, 0.25) is 5.78 Å². The third kappa shape index (κ3) is 3.89. The molecule has 43 heavy (non-hydrogen) atoms. The van der Waals surface area contributed by atoms with E-state index in [9.17, 15) is 0 Å². The molecule has 4 aromatic carbocycles. The van der Waals surface area contributed by atoms with E-state index in [0.29, 0.717) is 11.5 Å². The molecule has 0 saturated carbocycles. The molecule has 5 aromatic heterocycles. The number of para-hydroxylation sites is 2. The van der Waals surface area contributed by atoms with Gasteiger partial charge in [-0.3, -0.25) is 14.0 Å². The number of rotatable bonds is 4. The van der Waals surface area contributed by atoms with E-state index in [1.54, 1.807) is 12.4 Å². The first-order valence-corrected chi connectivity index (χ1v) is 13.6. The second-order valence-corrected chi connectivity index (χ2v) is 10.0. The minimum atomic E-state index is 0. The molecule has 0 amide bonds. The van der Waals surface area contributed by atoms with Crippen molar-refractivity contribution in [3.63, 3.8) is 0 Å². The molecule has 0 fully saturated rings. The van der Waals surface area contributed by atoms with E-state index in [2.05, 4.69) is 68.7 Å². The van der Waals surface area contributed by atoms with E-state index in [1.807, 2.05) is 71.1 Å². The summed E-state index contributed by atoms with van der Waals surface area (Å²) in [5, 5.41) is 2.22. The van der Waals surface area contributed by atoms with Crippen molar-refractivity contribution in [3.8, 4) is 23.0 Å². The first-order chi connectivity index (χ1) is 20.8. The van der Waals surface area contributed by atoms with Crippen LogP contribution >= 0.6 is 0 Å². The van der Waals surface area contributed by atoms with Gasteiger partial charge < -0.3 is 9.30 Å². The number of benzene rings is 4. The van der Waals surface area contributed by atoms with Crippen LogP contribution in [0.2, 0.25) is 0 Å². The van der Waals surface area contributed by atoms with Gasteiger partial charge in [-0.05, 0) is 58.9 Å². The smallest absolute Gasteiger partial charge is 0.509 e. The summed E-state index contributed by atoms with van der Waals surface area (Å²) < 4.78 is 12.7. The predicted molar refractivity (Wildman–Crippen MR) is 164 cm³/mol. The van der Waals surface area contributed by atoms with Crippen molar-refractivity contribution in [1.29, 1.82) is 0 Å². The minimum Gasteiger partial charge on any atom is -0.509 e. The van der Waals surface area contributed by atoms with E-state index >= 15 is 0 Å². The molecule has 0 saturated heterocycles. The molecule has 7 nitrogen and oxygen atoms in total. The predicted octanol–water partition coefficient (Wildman–Crippen LogP) is 7.71. The average Bonchev–Trinajstić information content (AvgIpc) is 3.68. The summed E-state index contributed by atoms with van der Waals surface area (Å²) in [6, 6.07) is 43.3. The Morgan fingerprint density at radius 1 is 0.581 bits per heavy atom. The van der Waals surface area contributed by atoms with Crippen molar-refractivity contribution in [1.82, 2.24) is 28.5 Å². The third-order valence-corrected chi connectivity index (χ3v) is 7.61. The summed E-state index contributed by atoms with van der Waals surface area (Å²) in [6.45, 7) is 0. The van der Waals surface area contributed by atoms with Gasteiger partial charge in [-0.15, -0.1) is 35.7 Å². The molecule has 206 valence electrons. The summed E-state index contributed by atoms with van der Waals surface area (Å²) in [6.07, 6.45) is 3.60. The Hall–Kier alpha value is -5.26. The average molecular weight is 736 g/mol. The maximum Gasteiger partial charge on any atom is 2.00 e. The number of nitrogens with zero attached hydrogens (tertiary/aromatic N) is 6. The molecule has 0 aliphatic heterocycles. The van der Waals surface area contributed by atoms with Gasteiger partial charge in [-0.2, -0.15) is 6.07 Å². The van der Waals surface area contributed by atoms with Crippen LogP contribution < -0.4 is 4.74 Å². The van der Waals surface area contributed by atoms with E-state index in [1.165, 1.54) is 0 Å². The number of ether oxygens (including phenoxy) is 1. The molecule has 0 radical (unpaired) electrons. The van der Waals surface area contributed by atoms with Gasteiger partial charge in [0, 0.05) is 35.1 Å². The molecule has 0 aliphatic carbocycles. The largest absolute Gasteiger partial charge is 2.00 e. The normalized spacial score (nSPS) is 11.5. The molecule has 0 spiro atoms. The second-order valence-electron chi connectivity index (χ2n) is 10.0. The first kappa shape index (κ1) is 25.4. The Bertz CT molecular complexity index is 2440. The molecule has 8 heteroatoms. The molecule has 0 aliphatic rings. The quantitative estimate of drug-likeness (QED) is 0.174. The SMILES string of the molecule is [Pt+2].[c-]1c(Oc2[c-]c3c(cc2)nc2n(-c4ccccc4)c4cccnc4n32)ccc2c3ccccc3n(-c3ccccn3)c12. The summed E-state index contributed by atoms with van der Waals surface area (Å²) in [5.41, 5.74) is 6.36. The number of pyridine rings is 2. The Labute approximate surface area is 259 Å². The van der Waals surface area contributed by atoms with Gasteiger partial charge >= 0.3 is 21.1 Å². The van der Waals surface area contributed by atoms with Gasteiger partial charge in [-0.25, -0.2) is 9.97 Å². The number of hydrogen-bond donors (Lipinski definition) is 0. The molecule has 9 rings (SSSR count). The van der Waals surface area contributed by atoms with Crippen molar-refractivity contribution in [2.75, 3.05) is 0 Å². The third-order valence-electron chi connectivity index (χ3n) is 7.61. The van der Waals surface area contributed by atoms with Gasteiger partial charge in [0.25, 0.3) is 0 Å². The standard InChI is InChI=1S/C35H20N6O.Pt/c1-2-9-23(10-3-1)39-30-13-8-20-37-34(30)41-32-22-25(16-18-28(32)38-35(39)41)42-24-15-17-27-26-11-4-5-12-29(26)40(31(27)21-24)33-14-6-7-19-36-33;/h1-20H;/q-2;+2. The van der Waals surface area contributed by atoms with Crippen LogP contribution in [0.3, 0.4) is 0 Å². The molecule has 0 atom stereocenters. The fourth-order valence-corrected chi connectivity index (χ4v) is 5.84. The maximum absolute atomic E-state index is 6.39. The molecule has 0 bridgehead atoms. The van der Waals surface area contributed by atoms with Crippen LogP contribution in [0.15, 0.2) is 122 Å². The molecular formula is C35H20N6OPt. The van der Waals surface area contributed by atoms with Gasteiger partial charge in [0.15, 0.2) is 5.65 Å². The van der Waals surface area contributed by atoms with Gasteiger partial charge in [0.1, 0.15) is 5.82 Å². The maximum atomic E-state index is 6.39. The zero-order valence-electron chi connectivity index (χ0n) is 22.5. The van der Waals surface area contributed by atoms with Crippen LogP contribution in [0.1, 0.15) is 0 Å². The Morgan fingerprint density at radius 3 is 2.19 bits per heavy atom. The van der Waals surface area contributed by atoms with Crippen LogP contribution in [0.4, 0.5) is 0 Å². The van der Waals surface area contributed by atoms with Crippen molar-refractivity contribution in [2.45, 2.75) is 0 Å². The molecule has 0 unspecified atom stereocenters. The number of hydrogen-bond acceptors (Lipinski definition) is 4. The Balaban J connectivity index is 0.00000278. The fourth-order valence-electron chi connectivity index (χ4n) is 5.84. The van der Waals surface area contributed by atoms with Crippen LogP contribution in [-0.4, -0.2) is 28.5 Å². The molecular weight excluding hydrogens is 716 g/mol. The fraction of sp³-hybridized carbons (Fsp3) is 0. The van der Waals surface area contributed by atoms with E-state index in [-0.39, 0.29) is 21.1 Å². The summed E-state index contributed by atoms with van der Waals surface area (Å²) in [5.74, 6) is 2.75. The monoisotopic (exact) mass is 735 g/mol. The second kappa shape index (κ2) is 9.93. The van der Waals surface area contributed by atoms with Crippen molar-refractivity contribution >= 4 is 49.8 Å². The van der Waals surface area contributed by atoms with Crippen LogP contribution in [-0.2, 0) is 21.1 Å². The van der Waals surface area contributed by atoms with Crippen LogP contribution in [0.5, 0.6) is 11.5 Å². The zero-order chi connectivity index (χ0) is 27.6. The molecule has 9 aromatic rings. The molecule has 5 heterocycles. The Morgan fingerprint density at radius 2 is 1.33 bits per heavy atom. The van der Waals surface area contributed by atoms with E-state index < -0.39 is 0 Å². The van der Waals surface area contributed by atoms with Crippen molar-refractivity contribution in [2.24, 2.45) is 0 Å². The first-order valence-electron chi connectivity index (χ1n) is 13.6. The minimum absolute atomic E-state index is 0. The molecule has 0 N–H and O–H groups in total. The number of aromatic nitrogens is 6. The topological polar surface area (TPSA) is 62.2 Å². The Kier molecular flexibility index (Phi) is 5.88. The van der Waals surface area contributed by atoms with E-state index in [0.717, 1.165) is 61.3 Å². The van der Waals surface area contributed by atoms with E-state index in [4.69, 9.17) is 14.7 Å². The van der Waals surface area contributed by atoms with Gasteiger partial charge in [0.05, 0.1) is 5.52 Å². The van der Waals surface area contributed by atoms with Crippen LogP contribution in [0.25, 0.3) is 61.3 Å². The van der Waals surface area contributed by atoms with Crippen molar-refractivity contribution < 1.29 is 25.8 Å². The summed E-state index contributed by atoms with van der Waals surface area (Å²) >= 11 is 0. The van der Waals surface area contributed by atoms with Gasteiger partial charge in [-0.1, -0.05) is 48.0 Å². The summed E-state index contributed by atoms with van der Waals surface area (Å²) in [7, 11) is 0. The summed E-state index contributed by atoms with van der Waals surface area (Å²) in [4.78, 5) is 14.3. The van der Waals surface area contributed by atoms with Crippen LogP contribution in [0, 0.1) is 12.1 Å².